The Balaban J connectivity index is 1.74. The molecule has 2 aromatic heterocycles. The van der Waals surface area contributed by atoms with E-state index in [0.717, 1.165) is 16.8 Å². The van der Waals surface area contributed by atoms with Crippen molar-refractivity contribution in [1.29, 1.82) is 0 Å². The number of anilines is 1. The lowest BCUT2D eigenvalue weighted by atomic mass is 10.1. The molecule has 1 amide bonds. The molecule has 4 rings (SSSR count). The number of benzene rings is 2. The predicted molar refractivity (Wildman–Crippen MR) is 118 cm³/mol. The second-order valence-electron chi connectivity index (χ2n) is 7.05. The number of nitrogens with zero attached hydrogens (tertiary/aromatic N) is 3. The van der Waals surface area contributed by atoms with Gasteiger partial charge in [0.05, 0.1) is 28.1 Å². The number of methoxy groups -OCH3 is 1. The van der Waals surface area contributed by atoms with Crippen LogP contribution in [-0.2, 0) is 17.5 Å². The quantitative estimate of drug-likeness (QED) is 0.461. The molecule has 0 aliphatic carbocycles. The molecule has 2 heterocycles. The molecule has 4 aromatic rings. The Labute approximate surface area is 189 Å². The molecule has 0 aliphatic rings. The molecule has 0 fully saturated rings. The lowest BCUT2D eigenvalue weighted by molar-refractivity contribution is -0.137. The SMILES string of the molecule is COc1cccc(-c2nn(CC(=O)Nc3ccccc3C(F)(F)F)c(=O)c3nc(C)sc23)c1. The molecular weight excluding hydrogens is 457 g/mol. The van der Waals surface area contributed by atoms with Gasteiger partial charge in [0.2, 0.25) is 5.91 Å². The van der Waals surface area contributed by atoms with Crippen molar-refractivity contribution in [2.45, 2.75) is 19.6 Å². The highest BCUT2D eigenvalue weighted by Crippen LogP contribution is 2.35. The van der Waals surface area contributed by atoms with Crippen LogP contribution in [0.1, 0.15) is 10.6 Å². The van der Waals surface area contributed by atoms with Gasteiger partial charge in [-0.3, -0.25) is 9.59 Å². The highest BCUT2D eigenvalue weighted by Gasteiger charge is 2.33. The van der Waals surface area contributed by atoms with Gasteiger partial charge in [0, 0.05) is 5.56 Å². The monoisotopic (exact) mass is 474 g/mol. The zero-order valence-corrected chi connectivity index (χ0v) is 18.3. The fourth-order valence-electron chi connectivity index (χ4n) is 3.30. The van der Waals surface area contributed by atoms with Crippen molar-refractivity contribution < 1.29 is 22.7 Å². The molecule has 0 bridgehead atoms. The third kappa shape index (κ3) is 4.58. The summed E-state index contributed by atoms with van der Waals surface area (Å²) in [6.45, 7) is 1.15. The summed E-state index contributed by atoms with van der Waals surface area (Å²) in [4.78, 5) is 29.8. The zero-order valence-electron chi connectivity index (χ0n) is 17.4. The third-order valence-electron chi connectivity index (χ3n) is 4.75. The van der Waals surface area contributed by atoms with E-state index >= 15 is 0 Å². The van der Waals surface area contributed by atoms with Gasteiger partial charge in [-0.05, 0) is 31.2 Å². The average molecular weight is 474 g/mol. The minimum absolute atomic E-state index is 0.133. The molecule has 33 heavy (non-hydrogen) atoms. The normalized spacial score (nSPS) is 11.5. The Morgan fingerprint density at radius 3 is 2.67 bits per heavy atom. The number of ether oxygens (including phenoxy) is 1. The fraction of sp³-hybridized carbons (Fsp3) is 0.182. The van der Waals surface area contributed by atoms with Crippen molar-refractivity contribution >= 4 is 33.1 Å². The van der Waals surface area contributed by atoms with E-state index < -0.39 is 35.4 Å². The van der Waals surface area contributed by atoms with E-state index in [1.807, 2.05) is 0 Å². The molecule has 0 spiro atoms. The Morgan fingerprint density at radius 2 is 1.94 bits per heavy atom. The van der Waals surface area contributed by atoms with Crippen LogP contribution in [0.2, 0.25) is 0 Å². The number of alkyl halides is 3. The van der Waals surface area contributed by atoms with Crippen LogP contribution < -0.4 is 15.6 Å². The fourth-order valence-corrected chi connectivity index (χ4v) is 4.22. The second kappa shape index (κ2) is 8.66. The predicted octanol–water partition coefficient (Wildman–Crippen LogP) is 4.49. The van der Waals surface area contributed by atoms with Gasteiger partial charge in [0.15, 0.2) is 5.52 Å². The number of para-hydroxylation sites is 1. The first-order valence-electron chi connectivity index (χ1n) is 9.66. The number of carbonyl (C=O) groups is 1. The Morgan fingerprint density at radius 1 is 1.18 bits per heavy atom. The summed E-state index contributed by atoms with van der Waals surface area (Å²) in [6.07, 6.45) is -4.64. The number of rotatable bonds is 5. The third-order valence-corrected chi connectivity index (χ3v) is 5.73. The molecule has 7 nitrogen and oxygen atoms in total. The Hall–Kier alpha value is -3.73. The van der Waals surface area contributed by atoms with Gasteiger partial charge in [-0.25, -0.2) is 9.67 Å². The first-order chi connectivity index (χ1) is 15.7. The van der Waals surface area contributed by atoms with Crippen LogP contribution in [-0.4, -0.2) is 27.8 Å². The largest absolute Gasteiger partial charge is 0.497 e. The van der Waals surface area contributed by atoms with Crippen LogP contribution in [0.5, 0.6) is 5.75 Å². The van der Waals surface area contributed by atoms with E-state index in [2.05, 4.69) is 15.4 Å². The first kappa shape index (κ1) is 22.5. The minimum atomic E-state index is -4.64. The van der Waals surface area contributed by atoms with E-state index in [1.165, 1.54) is 30.6 Å². The number of aromatic nitrogens is 3. The summed E-state index contributed by atoms with van der Waals surface area (Å²) < 4.78 is 46.4. The van der Waals surface area contributed by atoms with Crippen LogP contribution in [0.15, 0.2) is 53.3 Å². The van der Waals surface area contributed by atoms with Gasteiger partial charge in [-0.1, -0.05) is 24.3 Å². The number of hydrogen-bond donors (Lipinski definition) is 1. The van der Waals surface area contributed by atoms with E-state index in [1.54, 1.807) is 31.2 Å². The van der Waals surface area contributed by atoms with E-state index in [9.17, 15) is 22.8 Å². The maximum Gasteiger partial charge on any atom is 0.418 e. The van der Waals surface area contributed by atoms with Crippen LogP contribution >= 0.6 is 11.3 Å². The van der Waals surface area contributed by atoms with Crippen LogP contribution in [0.3, 0.4) is 0 Å². The van der Waals surface area contributed by atoms with Crippen molar-refractivity contribution in [3.05, 3.63) is 69.5 Å². The number of thiazole rings is 1. The second-order valence-corrected chi connectivity index (χ2v) is 8.25. The molecule has 0 radical (unpaired) electrons. The van der Waals surface area contributed by atoms with Crippen LogP contribution in [0.4, 0.5) is 18.9 Å². The van der Waals surface area contributed by atoms with Gasteiger partial charge in [0.1, 0.15) is 18.0 Å². The van der Waals surface area contributed by atoms with Crippen LogP contribution in [0.25, 0.3) is 21.5 Å². The van der Waals surface area contributed by atoms with Gasteiger partial charge in [-0.2, -0.15) is 18.3 Å². The Bertz CT molecular complexity index is 1410. The van der Waals surface area contributed by atoms with Crippen LogP contribution in [0, 0.1) is 6.92 Å². The number of carbonyl (C=O) groups excluding carboxylic acids is 1. The summed E-state index contributed by atoms with van der Waals surface area (Å²) in [5, 5.41) is 7.21. The van der Waals surface area contributed by atoms with E-state index in [0.29, 0.717) is 26.7 Å². The highest BCUT2D eigenvalue weighted by atomic mass is 32.1. The summed E-state index contributed by atoms with van der Waals surface area (Å²) >= 11 is 1.28. The summed E-state index contributed by atoms with van der Waals surface area (Å²) in [6, 6.07) is 11.6. The van der Waals surface area contributed by atoms with E-state index in [-0.39, 0.29) is 5.52 Å². The number of fused-ring (bicyclic) bond motifs is 1. The summed E-state index contributed by atoms with van der Waals surface area (Å²) in [7, 11) is 1.52. The zero-order chi connectivity index (χ0) is 23.8. The van der Waals surface area contributed by atoms with E-state index in [4.69, 9.17) is 4.74 Å². The maximum absolute atomic E-state index is 13.2. The van der Waals surface area contributed by atoms with Gasteiger partial charge < -0.3 is 10.1 Å². The average Bonchev–Trinajstić information content (AvgIpc) is 3.17. The van der Waals surface area contributed by atoms with Gasteiger partial charge in [-0.15, -0.1) is 11.3 Å². The molecular formula is C22H17F3N4O3S. The molecule has 1 N–H and O–H groups in total. The number of amides is 1. The number of nitrogens with one attached hydrogen (secondary N) is 1. The summed E-state index contributed by atoms with van der Waals surface area (Å²) in [5.41, 5.74) is -0.811. The smallest absolute Gasteiger partial charge is 0.418 e. The molecule has 170 valence electrons. The molecule has 0 aliphatic heterocycles. The summed E-state index contributed by atoms with van der Waals surface area (Å²) in [5.74, 6) is -0.257. The van der Waals surface area contributed by atoms with Crippen molar-refractivity contribution in [3.63, 3.8) is 0 Å². The van der Waals surface area contributed by atoms with Gasteiger partial charge in [0.25, 0.3) is 5.56 Å². The number of aryl methyl sites for hydroxylation is 1. The topological polar surface area (TPSA) is 86.1 Å². The molecule has 11 heteroatoms. The first-order valence-corrected chi connectivity index (χ1v) is 10.5. The Kier molecular flexibility index (Phi) is 5.90. The van der Waals surface area contributed by atoms with Gasteiger partial charge >= 0.3 is 6.18 Å². The standard InChI is InChI=1S/C22H17F3N4O3S/c1-12-26-19-20(33-12)18(13-6-5-7-14(10-13)32-2)28-29(21(19)31)11-17(30)27-16-9-4-3-8-15(16)22(23,24)25/h3-10H,11H2,1-2H3,(H,27,30). The maximum atomic E-state index is 13.2. The molecule has 2 aromatic carbocycles. The number of hydrogen-bond acceptors (Lipinski definition) is 6. The molecule has 0 unspecified atom stereocenters. The highest BCUT2D eigenvalue weighted by molar-refractivity contribution is 7.19. The number of halogens is 3. The van der Waals surface area contributed by atoms with Crippen molar-refractivity contribution in [2.75, 3.05) is 12.4 Å². The lowest BCUT2D eigenvalue weighted by Crippen LogP contribution is -2.30. The molecule has 0 saturated heterocycles. The minimum Gasteiger partial charge on any atom is -0.497 e. The van der Waals surface area contributed by atoms with Crippen molar-refractivity contribution in [3.8, 4) is 17.0 Å². The van der Waals surface area contributed by atoms with Crippen molar-refractivity contribution in [2.24, 2.45) is 0 Å². The molecule has 0 atom stereocenters. The lowest BCUT2D eigenvalue weighted by Gasteiger charge is -2.14. The molecule has 0 saturated carbocycles. The van der Waals surface area contributed by atoms with Crippen molar-refractivity contribution in [1.82, 2.24) is 14.8 Å².